The fourth-order valence-electron chi connectivity index (χ4n) is 3.51. The van der Waals surface area contributed by atoms with Gasteiger partial charge in [-0.1, -0.05) is 20.3 Å². The number of anilines is 1. The molecule has 1 aromatic rings. The summed E-state index contributed by atoms with van der Waals surface area (Å²) in [4.78, 5) is 2.50. The van der Waals surface area contributed by atoms with E-state index >= 15 is 0 Å². The summed E-state index contributed by atoms with van der Waals surface area (Å²) in [5, 5.41) is 9.30. The van der Waals surface area contributed by atoms with Crippen LogP contribution in [0.4, 0.5) is 5.69 Å². The van der Waals surface area contributed by atoms with Crippen molar-refractivity contribution in [3.05, 3.63) is 23.3 Å². The van der Waals surface area contributed by atoms with E-state index in [2.05, 4.69) is 44.7 Å². The molecule has 3 nitrogen and oxygen atoms in total. The van der Waals surface area contributed by atoms with Gasteiger partial charge in [-0.15, -0.1) is 0 Å². The Balaban J connectivity index is 2.55. The van der Waals surface area contributed by atoms with Gasteiger partial charge in [-0.05, 0) is 44.2 Å². The summed E-state index contributed by atoms with van der Waals surface area (Å²) in [6, 6.07) is 6.33. The highest BCUT2D eigenvalue weighted by Gasteiger charge is 2.36. The molecule has 2 rings (SSSR count). The van der Waals surface area contributed by atoms with Crippen molar-refractivity contribution in [1.82, 2.24) is 0 Å². The Morgan fingerprint density at radius 1 is 1.43 bits per heavy atom. The largest absolute Gasteiger partial charge is 0.495 e. The predicted octanol–water partition coefficient (Wildman–Crippen LogP) is 4.46. The van der Waals surface area contributed by atoms with Gasteiger partial charge in [-0.25, -0.2) is 0 Å². The van der Waals surface area contributed by atoms with E-state index < -0.39 is 0 Å². The van der Waals surface area contributed by atoms with E-state index in [-0.39, 0.29) is 5.54 Å². The smallest absolute Gasteiger partial charge is 0.138 e. The van der Waals surface area contributed by atoms with Crippen molar-refractivity contribution in [1.29, 1.82) is 5.26 Å². The Labute approximate surface area is 128 Å². The molecule has 0 saturated heterocycles. The zero-order valence-electron chi connectivity index (χ0n) is 13.9. The van der Waals surface area contributed by atoms with Crippen molar-refractivity contribution in [2.45, 2.75) is 58.4 Å². The van der Waals surface area contributed by atoms with Gasteiger partial charge in [0.2, 0.25) is 0 Å². The van der Waals surface area contributed by atoms with Gasteiger partial charge in [-0.2, -0.15) is 5.26 Å². The molecule has 1 aliphatic heterocycles. The van der Waals surface area contributed by atoms with E-state index in [0.717, 1.165) is 13.0 Å². The van der Waals surface area contributed by atoms with E-state index in [1.54, 1.807) is 7.11 Å². The van der Waals surface area contributed by atoms with Crippen LogP contribution in [0.15, 0.2) is 12.1 Å². The zero-order valence-corrected chi connectivity index (χ0v) is 13.9. The van der Waals surface area contributed by atoms with Gasteiger partial charge in [-0.3, -0.25) is 0 Å². The number of hydrogen-bond donors (Lipinski definition) is 0. The molecule has 0 amide bonds. The molecule has 114 valence electrons. The second-order valence-corrected chi connectivity index (χ2v) is 6.65. The maximum Gasteiger partial charge on any atom is 0.138 e. The molecule has 0 saturated carbocycles. The molecule has 21 heavy (non-hydrogen) atoms. The van der Waals surface area contributed by atoms with Gasteiger partial charge in [0.25, 0.3) is 0 Å². The molecule has 0 bridgehead atoms. The number of hydrogen-bond acceptors (Lipinski definition) is 3. The van der Waals surface area contributed by atoms with E-state index in [1.165, 1.54) is 24.1 Å². The zero-order chi connectivity index (χ0) is 15.6. The molecule has 0 N–H and O–H groups in total. The summed E-state index contributed by atoms with van der Waals surface area (Å²) in [5.41, 5.74) is 3.30. The lowest BCUT2D eigenvalue weighted by molar-refractivity contribution is 0.370. The minimum atomic E-state index is 0.140. The van der Waals surface area contributed by atoms with Crippen LogP contribution in [-0.4, -0.2) is 19.2 Å². The Hall–Kier alpha value is -1.69. The molecule has 0 unspecified atom stereocenters. The maximum atomic E-state index is 9.30. The summed E-state index contributed by atoms with van der Waals surface area (Å²) in [5.74, 6) is 1.15. The van der Waals surface area contributed by atoms with Crippen LogP contribution in [0.1, 0.15) is 64.0 Å². The highest BCUT2D eigenvalue weighted by Crippen LogP contribution is 2.45. The quantitative estimate of drug-likeness (QED) is 0.820. The number of fused-ring (bicyclic) bond motifs is 1. The molecule has 0 aliphatic carbocycles. The van der Waals surface area contributed by atoms with E-state index in [0.29, 0.717) is 17.2 Å². The summed E-state index contributed by atoms with van der Waals surface area (Å²) in [7, 11) is 1.64. The highest BCUT2D eigenvalue weighted by molar-refractivity contribution is 5.66. The molecule has 0 aromatic heterocycles. The molecule has 0 radical (unpaired) electrons. The number of benzene rings is 1. The third-order valence-corrected chi connectivity index (χ3v) is 4.56. The Morgan fingerprint density at radius 2 is 2.14 bits per heavy atom. The summed E-state index contributed by atoms with van der Waals surface area (Å²) >= 11 is 0. The van der Waals surface area contributed by atoms with Crippen LogP contribution in [0.3, 0.4) is 0 Å². The predicted molar refractivity (Wildman–Crippen MR) is 87.1 cm³/mol. The van der Waals surface area contributed by atoms with E-state index in [9.17, 15) is 5.26 Å². The van der Waals surface area contributed by atoms with Gasteiger partial charge >= 0.3 is 0 Å². The summed E-state index contributed by atoms with van der Waals surface area (Å²) in [6.07, 6.45) is 3.48. The first-order valence-electron chi connectivity index (χ1n) is 7.84. The van der Waals surface area contributed by atoms with Crippen molar-refractivity contribution in [3.63, 3.8) is 0 Å². The summed E-state index contributed by atoms with van der Waals surface area (Å²) < 4.78 is 5.41. The van der Waals surface area contributed by atoms with Gasteiger partial charge in [0.15, 0.2) is 0 Å². The molecule has 1 heterocycles. The lowest BCUT2D eigenvalue weighted by atomic mass is 9.79. The first kappa shape index (κ1) is 15.7. The van der Waals surface area contributed by atoms with Gasteiger partial charge in [0.05, 0.1) is 12.7 Å². The molecule has 0 fully saturated rings. The second kappa shape index (κ2) is 5.97. The van der Waals surface area contributed by atoms with E-state index in [4.69, 9.17) is 4.74 Å². The number of methoxy groups -OCH3 is 1. The number of nitrogens with zero attached hydrogens (tertiary/aromatic N) is 2. The third kappa shape index (κ3) is 2.85. The van der Waals surface area contributed by atoms with Crippen molar-refractivity contribution < 1.29 is 4.74 Å². The fraction of sp³-hybridized carbons (Fsp3) is 0.611. The standard InChI is InChI=1S/C18H26N2O/c1-6-7-8-20-16-10-17(21-5)14(12-19)9-15(16)13(2)11-18(20,3)4/h9-10,13H,6-8,11H2,1-5H3/t13-/m1/s1. The third-order valence-electron chi connectivity index (χ3n) is 4.56. The average molecular weight is 286 g/mol. The molecule has 1 aliphatic rings. The molecule has 1 atom stereocenters. The normalized spacial score (nSPS) is 19.8. The fourth-order valence-corrected chi connectivity index (χ4v) is 3.51. The molecular weight excluding hydrogens is 260 g/mol. The first-order valence-corrected chi connectivity index (χ1v) is 7.84. The van der Waals surface area contributed by atoms with Crippen molar-refractivity contribution in [2.75, 3.05) is 18.6 Å². The Bertz CT molecular complexity index is 557. The first-order chi connectivity index (χ1) is 9.94. The second-order valence-electron chi connectivity index (χ2n) is 6.65. The summed E-state index contributed by atoms with van der Waals surface area (Å²) in [6.45, 7) is 10.2. The maximum absolute atomic E-state index is 9.30. The van der Waals surface area contributed by atoms with Crippen LogP contribution in [0.25, 0.3) is 0 Å². The van der Waals surface area contributed by atoms with Gasteiger partial charge in [0.1, 0.15) is 11.8 Å². The van der Waals surface area contributed by atoms with Crippen molar-refractivity contribution in [3.8, 4) is 11.8 Å². The van der Waals surface area contributed by atoms with E-state index in [1.807, 2.05) is 6.07 Å². The Kier molecular flexibility index (Phi) is 4.46. The van der Waals surface area contributed by atoms with Crippen LogP contribution >= 0.6 is 0 Å². The minimum Gasteiger partial charge on any atom is -0.495 e. The lowest BCUT2D eigenvalue weighted by Gasteiger charge is -2.48. The minimum absolute atomic E-state index is 0.140. The van der Waals surface area contributed by atoms with Crippen LogP contribution in [0.2, 0.25) is 0 Å². The van der Waals surface area contributed by atoms with Crippen molar-refractivity contribution >= 4 is 5.69 Å². The Morgan fingerprint density at radius 3 is 2.71 bits per heavy atom. The average Bonchev–Trinajstić information content (AvgIpc) is 2.45. The number of ether oxygens (including phenoxy) is 1. The van der Waals surface area contributed by atoms with Crippen LogP contribution < -0.4 is 9.64 Å². The topological polar surface area (TPSA) is 36.3 Å². The van der Waals surface area contributed by atoms with Crippen LogP contribution in [-0.2, 0) is 0 Å². The van der Waals surface area contributed by atoms with Gasteiger partial charge in [0, 0.05) is 23.8 Å². The van der Waals surface area contributed by atoms with Crippen LogP contribution in [0.5, 0.6) is 5.75 Å². The van der Waals surface area contributed by atoms with Crippen molar-refractivity contribution in [2.24, 2.45) is 0 Å². The van der Waals surface area contributed by atoms with Gasteiger partial charge < -0.3 is 9.64 Å². The molecule has 3 heteroatoms. The number of unbranched alkanes of at least 4 members (excludes halogenated alkanes) is 1. The molecular formula is C18H26N2O. The monoisotopic (exact) mass is 286 g/mol. The lowest BCUT2D eigenvalue weighted by Crippen LogP contribution is -2.48. The van der Waals surface area contributed by atoms with Crippen LogP contribution in [0, 0.1) is 11.3 Å². The molecule has 0 spiro atoms. The molecule has 1 aromatic carbocycles. The SMILES string of the molecule is CCCCN1c2cc(OC)c(C#N)cc2[C@H](C)CC1(C)C. The number of nitriles is 1. The highest BCUT2D eigenvalue weighted by atomic mass is 16.5. The number of rotatable bonds is 4.